The summed E-state index contributed by atoms with van der Waals surface area (Å²) < 4.78 is 0. The van der Waals surface area contributed by atoms with Crippen LogP contribution in [0, 0.1) is 0 Å². The third-order valence-electron chi connectivity index (χ3n) is 3.80. The number of rotatable bonds is 5. The van der Waals surface area contributed by atoms with Crippen molar-refractivity contribution in [3.8, 4) is 0 Å². The predicted molar refractivity (Wildman–Crippen MR) is 76.2 cm³/mol. The van der Waals surface area contributed by atoms with Crippen molar-refractivity contribution >= 4 is 5.97 Å². The van der Waals surface area contributed by atoms with Crippen LogP contribution < -0.4 is 0 Å². The maximum absolute atomic E-state index is 11.6. The summed E-state index contributed by atoms with van der Waals surface area (Å²) in [7, 11) is 0. The first kappa shape index (κ1) is 14.1. The predicted octanol–water partition coefficient (Wildman–Crippen LogP) is 3.25. The number of piperidine rings is 1. The maximum Gasteiger partial charge on any atom is 0.325 e. The molecule has 3 heteroatoms. The van der Waals surface area contributed by atoms with Crippen LogP contribution in [0.3, 0.4) is 0 Å². The van der Waals surface area contributed by atoms with E-state index < -0.39 is 12.0 Å². The molecule has 1 atom stereocenters. The van der Waals surface area contributed by atoms with Crippen molar-refractivity contribution in [2.75, 3.05) is 13.1 Å². The molecule has 0 bridgehead atoms. The van der Waals surface area contributed by atoms with Gasteiger partial charge in [0.15, 0.2) is 0 Å². The first-order valence-electron chi connectivity index (χ1n) is 7.28. The van der Waals surface area contributed by atoms with Gasteiger partial charge in [-0.3, -0.25) is 9.69 Å². The van der Waals surface area contributed by atoms with E-state index in [1.807, 2.05) is 12.1 Å². The van der Waals surface area contributed by atoms with Crippen molar-refractivity contribution in [3.05, 3.63) is 35.4 Å². The Morgan fingerprint density at radius 1 is 1.32 bits per heavy atom. The molecule has 0 amide bonds. The Kier molecular flexibility index (Phi) is 4.97. The minimum atomic E-state index is -0.726. The second kappa shape index (κ2) is 6.71. The van der Waals surface area contributed by atoms with Gasteiger partial charge in [-0.2, -0.15) is 0 Å². The molecule has 2 rings (SSSR count). The lowest BCUT2D eigenvalue weighted by Gasteiger charge is -2.32. The molecule has 1 N–H and O–H groups in total. The van der Waals surface area contributed by atoms with E-state index in [-0.39, 0.29) is 0 Å². The first-order chi connectivity index (χ1) is 9.22. The summed E-state index contributed by atoms with van der Waals surface area (Å²) in [5.74, 6) is -0.726. The average molecular weight is 261 g/mol. The summed E-state index contributed by atoms with van der Waals surface area (Å²) >= 11 is 0. The maximum atomic E-state index is 11.6. The fourth-order valence-electron chi connectivity index (χ4n) is 2.89. The van der Waals surface area contributed by atoms with Crippen LogP contribution in [0.1, 0.15) is 49.8 Å². The van der Waals surface area contributed by atoms with Crippen LogP contribution in [0.5, 0.6) is 0 Å². The zero-order valence-electron chi connectivity index (χ0n) is 11.6. The topological polar surface area (TPSA) is 40.5 Å². The number of hydrogen-bond acceptors (Lipinski definition) is 2. The third-order valence-corrected chi connectivity index (χ3v) is 3.80. The normalized spacial score (nSPS) is 18.2. The highest BCUT2D eigenvalue weighted by atomic mass is 16.4. The van der Waals surface area contributed by atoms with E-state index in [9.17, 15) is 9.90 Å². The summed E-state index contributed by atoms with van der Waals surface area (Å²) in [6.45, 7) is 3.94. The standard InChI is InChI=1S/C16H23NO2/c1-2-7-13-8-6-9-14(12-13)15(16(18)19)17-10-4-3-5-11-17/h6,8-9,12,15H,2-5,7,10-11H2,1H3,(H,18,19)/t15-/m1/s1. The van der Waals surface area contributed by atoms with Crippen LogP contribution in [0.2, 0.25) is 0 Å². The van der Waals surface area contributed by atoms with Gasteiger partial charge < -0.3 is 5.11 Å². The second-order valence-electron chi connectivity index (χ2n) is 5.33. The van der Waals surface area contributed by atoms with E-state index in [4.69, 9.17) is 0 Å². The summed E-state index contributed by atoms with van der Waals surface area (Å²) in [5.41, 5.74) is 2.17. The molecule has 1 saturated heterocycles. The molecule has 0 spiro atoms. The second-order valence-corrected chi connectivity index (χ2v) is 5.33. The largest absolute Gasteiger partial charge is 0.480 e. The molecule has 1 heterocycles. The molecule has 0 aliphatic carbocycles. The Morgan fingerprint density at radius 2 is 2.05 bits per heavy atom. The van der Waals surface area contributed by atoms with Crippen molar-refractivity contribution < 1.29 is 9.90 Å². The summed E-state index contributed by atoms with van der Waals surface area (Å²) in [6.07, 6.45) is 5.54. The number of likely N-dealkylation sites (tertiary alicyclic amines) is 1. The number of aryl methyl sites for hydroxylation is 1. The fraction of sp³-hybridized carbons (Fsp3) is 0.562. The molecule has 3 nitrogen and oxygen atoms in total. The average Bonchev–Trinajstić information content (AvgIpc) is 2.40. The van der Waals surface area contributed by atoms with Crippen LogP contribution >= 0.6 is 0 Å². The van der Waals surface area contributed by atoms with Gasteiger partial charge in [0.25, 0.3) is 0 Å². The van der Waals surface area contributed by atoms with Crippen molar-refractivity contribution in [2.24, 2.45) is 0 Å². The number of carboxylic acid groups (broad SMARTS) is 1. The van der Waals surface area contributed by atoms with E-state index >= 15 is 0 Å². The Balaban J connectivity index is 2.22. The van der Waals surface area contributed by atoms with Gasteiger partial charge in [0, 0.05) is 0 Å². The van der Waals surface area contributed by atoms with Gasteiger partial charge in [0.05, 0.1) is 0 Å². The lowest BCUT2D eigenvalue weighted by atomic mass is 9.98. The Morgan fingerprint density at radius 3 is 2.68 bits per heavy atom. The summed E-state index contributed by atoms with van der Waals surface area (Å²) in [6, 6.07) is 7.61. The minimum absolute atomic E-state index is 0.475. The number of carbonyl (C=O) groups is 1. The van der Waals surface area contributed by atoms with Crippen molar-refractivity contribution in [1.29, 1.82) is 0 Å². The minimum Gasteiger partial charge on any atom is -0.480 e. The highest BCUT2D eigenvalue weighted by Gasteiger charge is 2.28. The van der Waals surface area contributed by atoms with Crippen LogP contribution in [-0.4, -0.2) is 29.1 Å². The van der Waals surface area contributed by atoms with E-state index in [2.05, 4.69) is 24.0 Å². The Hall–Kier alpha value is -1.35. The summed E-state index contributed by atoms with van der Waals surface area (Å²) in [5, 5.41) is 9.56. The molecule has 0 unspecified atom stereocenters. The number of benzene rings is 1. The highest BCUT2D eigenvalue weighted by Crippen LogP contribution is 2.25. The molecule has 0 saturated carbocycles. The number of nitrogens with zero attached hydrogens (tertiary/aromatic N) is 1. The summed E-state index contributed by atoms with van der Waals surface area (Å²) in [4.78, 5) is 13.7. The Labute approximate surface area is 115 Å². The van der Waals surface area contributed by atoms with Crippen molar-refractivity contribution in [3.63, 3.8) is 0 Å². The van der Waals surface area contributed by atoms with Gasteiger partial charge in [-0.1, -0.05) is 44.0 Å². The van der Waals surface area contributed by atoms with Crippen LogP contribution in [0.4, 0.5) is 0 Å². The highest BCUT2D eigenvalue weighted by molar-refractivity contribution is 5.75. The third kappa shape index (κ3) is 3.57. The fourth-order valence-corrected chi connectivity index (χ4v) is 2.89. The molecule has 19 heavy (non-hydrogen) atoms. The number of hydrogen-bond donors (Lipinski definition) is 1. The van der Waals surface area contributed by atoms with Gasteiger partial charge in [0.1, 0.15) is 6.04 Å². The Bertz CT molecular complexity index is 425. The molecule has 104 valence electrons. The molecular weight excluding hydrogens is 238 g/mol. The van der Waals surface area contributed by atoms with Gasteiger partial charge in [0.2, 0.25) is 0 Å². The van der Waals surface area contributed by atoms with E-state index in [1.54, 1.807) is 0 Å². The molecule has 1 aliphatic heterocycles. The van der Waals surface area contributed by atoms with Gasteiger partial charge in [-0.25, -0.2) is 0 Å². The zero-order chi connectivity index (χ0) is 13.7. The molecule has 0 aromatic heterocycles. The SMILES string of the molecule is CCCc1cccc([C@H](C(=O)O)N2CCCCC2)c1. The van der Waals surface area contributed by atoms with Crippen LogP contribution in [-0.2, 0) is 11.2 Å². The monoisotopic (exact) mass is 261 g/mol. The van der Waals surface area contributed by atoms with Crippen LogP contribution in [0.15, 0.2) is 24.3 Å². The quantitative estimate of drug-likeness (QED) is 0.884. The smallest absolute Gasteiger partial charge is 0.325 e. The van der Waals surface area contributed by atoms with Gasteiger partial charge in [-0.05, 0) is 43.5 Å². The van der Waals surface area contributed by atoms with E-state index in [1.165, 1.54) is 12.0 Å². The number of aliphatic carboxylic acids is 1. The van der Waals surface area contributed by atoms with Crippen molar-refractivity contribution in [2.45, 2.75) is 45.1 Å². The number of carboxylic acids is 1. The van der Waals surface area contributed by atoms with Crippen molar-refractivity contribution in [1.82, 2.24) is 4.90 Å². The van der Waals surface area contributed by atoms with E-state index in [0.29, 0.717) is 0 Å². The first-order valence-corrected chi connectivity index (χ1v) is 7.28. The van der Waals surface area contributed by atoms with Crippen LogP contribution in [0.25, 0.3) is 0 Å². The molecule has 1 fully saturated rings. The molecule has 1 aromatic carbocycles. The molecule has 1 aliphatic rings. The molecule has 1 aromatic rings. The molecule has 0 radical (unpaired) electrons. The molecular formula is C16H23NO2. The van der Waals surface area contributed by atoms with E-state index in [0.717, 1.165) is 44.3 Å². The van der Waals surface area contributed by atoms with Gasteiger partial charge in [-0.15, -0.1) is 0 Å². The lowest BCUT2D eigenvalue weighted by molar-refractivity contribution is -0.144. The zero-order valence-corrected chi connectivity index (χ0v) is 11.6. The van der Waals surface area contributed by atoms with Gasteiger partial charge >= 0.3 is 5.97 Å². The lowest BCUT2D eigenvalue weighted by Crippen LogP contribution is -2.37.